The van der Waals surface area contributed by atoms with Crippen LogP contribution in [0, 0.1) is 0 Å². The molecule has 0 unspecified atom stereocenters. The molecule has 0 aliphatic heterocycles. The first-order valence-electron chi connectivity index (χ1n) is 10.3. The summed E-state index contributed by atoms with van der Waals surface area (Å²) in [4.78, 5) is 18.8. The minimum Gasteiger partial charge on any atom is -0.481 e. The SMILES string of the molecule is CC[C@@H](Oc1ccc(C(C)(C)C)cc1)C(=O)N(C)Cc1nc(-c2ccc(Cl)cc2)no1. The van der Waals surface area contributed by atoms with Crippen LogP contribution in [0.1, 0.15) is 45.6 Å². The van der Waals surface area contributed by atoms with E-state index in [0.717, 1.165) is 5.56 Å². The maximum atomic E-state index is 12.9. The summed E-state index contributed by atoms with van der Waals surface area (Å²) in [6, 6.07) is 15.1. The third kappa shape index (κ3) is 5.85. The Hall–Kier alpha value is -2.86. The standard InChI is InChI=1S/C24H28ClN3O3/c1-6-20(30-19-13-9-17(10-14-19)24(2,3)4)23(29)28(5)15-21-26-22(27-31-21)16-7-11-18(25)12-8-16/h7-14,20H,6,15H2,1-5H3/t20-/m1/s1. The van der Waals surface area contributed by atoms with Crippen LogP contribution < -0.4 is 4.74 Å². The maximum Gasteiger partial charge on any atom is 0.263 e. The lowest BCUT2D eigenvalue weighted by Gasteiger charge is -2.23. The lowest BCUT2D eigenvalue weighted by molar-refractivity contribution is -0.138. The molecule has 0 bridgehead atoms. The van der Waals surface area contributed by atoms with E-state index in [2.05, 4.69) is 30.9 Å². The Morgan fingerprint density at radius 1 is 1.13 bits per heavy atom. The number of rotatable bonds is 7. The summed E-state index contributed by atoms with van der Waals surface area (Å²) in [5.74, 6) is 1.33. The third-order valence-corrected chi connectivity index (χ3v) is 5.22. The first-order chi connectivity index (χ1) is 14.7. The Morgan fingerprint density at radius 3 is 2.35 bits per heavy atom. The molecule has 164 valence electrons. The third-order valence-electron chi connectivity index (χ3n) is 4.96. The molecular formula is C24H28ClN3O3. The largest absolute Gasteiger partial charge is 0.481 e. The molecule has 0 saturated heterocycles. The van der Waals surface area contributed by atoms with Crippen LogP contribution >= 0.6 is 11.6 Å². The number of aromatic nitrogens is 2. The second-order valence-corrected chi connectivity index (χ2v) is 8.94. The predicted molar refractivity (Wildman–Crippen MR) is 121 cm³/mol. The van der Waals surface area contributed by atoms with E-state index in [1.807, 2.05) is 43.3 Å². The van der Waals surface area contributed by atoms with Gasteiger partial charge in [-0.3, -0.25) is 4.79 Å². The van der Waals surface area contributed by atoms with Crippen LogP contribution in [0.3, 0.4) is 0 Å². The van der Waals surface area contributed by atoms with Crippen molar-refractivity contribution < 1.29 is 14.1 Å². The van der Waals surface area contributed by atoms with Crippen molar-refractivity contribution in [1.29, 1.82) is 0 Å². The van der Waals surface area contributed by atoms with Crippen molar-refractivity contribution in [3.05, 3.63) is 65.0 Å². The number of nitrogens with zero attached hydrogens (tertiary/aromatic N) is 3. The molecule has 1 heterocycles. The van der Waals surface area contributed by atoms with Gasteiger partial charge >= 0.3 is 0 Å². The van der Waals surface area contributed by atoms with Gasteiger partial charge in [-0.05, 0) is 53.8 Å². The van der Waals surface area contributed by atoms with Crippen molar-refractivity contribution in [3.63, 3.8) is 0 Å². The number of carbonyl (C=O) groups excluding carboxylic acids is 1. The monoisotopic (exact) mass is 441 g/mol. The first kappa shape index (κ1) is 22.8. The zero-order valence-corrected chi connectivity index (χ0v) is 19.3. The van der Waals surface area contributed by atoms with E-state index in [9.17, 15) is 4.79 Å². The Balaban J connectivity index is 1.63. The Bertz CT molecular complexity index is 1010. The zero-order chi connectivity index (χ0) is 22.6. The molecule has 0 N–H and O–H groups in total. The van der Waals surface area contributed by atoms with Crippen molar-refractivity contribution in [2.45, 2.75) is 52.2 Å². The molecule has 3 aromatic rings. The van der Waals surface area contributed by atoms with Gasteiger partial charge in [-0.2, -0.15) is 4.98 Å². The van der Waals surface area contributed by atoms with Gasteiger partial charge in [-0.1, -0.05) is 56.6 Å². The molecule has 6 nitrogen and oxygen atoms in total. The number of ether oxygens (including phenoxy) is 1. The van der Waals surface area contributed by atoms with Crippen LogP contribution in [0.4, 0.5) is 0 Å². The van der Waals surface area contributed by atoms with Crippen molar-refractivity contribution in [1.82, 2.24) is 15.0 Å². The summed E-state index contributed by atoms with van der Waals surface area (Å²) >= 11 is 5.92. The highest BCUT2D eigenvalue weighted by Crippen LogP contribution is 2.25. The summed E-state index contributed by atoms with van der Waals surface area (Å²) in [6.07, 6.45) is -0.0477. The summed E-state index contributed by atoms with van der Waals surface area (Å²) in [7, 11) is 1.70. The fraction of sp³-hybridized carbons (Fsp3) is 0.375. The van der Waals surface area contributed by atoms with E-state index in [-0.39, 0.29) is 17.9 Å². The average Bonchev–Trinajstić information content (AvgIpc) is 3.20. The number of halogens is 1. The topological polar surface area (TPSA) is 68.5 Å². The van der Waals surface area contributed by atoms with Crippen LogP contribution in [0.25, 0.3) is 11.4 Å². The van der Waals surface area contributed by atoms with Crippen molar-refractivity contribution >= 4 is 17.5 Å². The molecule has 1 amide bonds. The summed E-state index contributed by atoms with van der Waals surface area (Å²) in [6.45, 7) is 8.59. The van der Waals surface area contributed by atoms with Gasteiger partial charge in [0.25, 0.3) is 5.91 Å². The number of likely N-dealkylation sites (N-methyl/N-ethyl adjacent to an activating group) is 1. The van der Waals surface area contributed by atoms with E-state index in [0.29, 0.717) is 28.9 Å². The summed E-state index contributed by atoms with van der Waals surface area (Å²) < 4.78 is 11.3. The fourth-order valence-electron chi connectivity index (χ4n) is 3.07. The lowest BCUT2D eigenvalue weighted by Crippen LogP contribution is -2.39. The number of hydrogen-bond acceptors (Lipinski definition) is 5. The smallest absolute Gasteiger partial charge is 0.263 e. The molecule has 0 aliphatic carbocycles. The molecule has 0 radical (unpaired) electrons. The van der Waals surface area contributed by atoms with Crippen molar-refractivity contribution in [2.24, 2.45) is 0 Å². The highest BCUT2D eigenvalue weighted by atomic mass is 35.5. The van der Waals surface area contributed by atoms with Gasteiger partial charge in [0, 0.05) is 17.6 Å². The number of benzene rings is 2. The van der Waals surface area contributed by atoms with Crippen LogP contribution in [0.15, 0.2) is 53.1 Å². The molecule has 31 heavy (non-hydrogen) atoms. The molecule has 0 fully saturated rings. The van der Waals surface area contributed by atoms with Gasteiger partial charge in [0.2, 0.25) is 11.7 Å². The van der Waals surface area contributed by atoms with E-state index in [1.165, 1.54) is 10.5 Å². The quantitative estimate of drug-likeness (QED) is 0.484. The maximum absolute atomic E-state index is 12.9. The Morgan fingerprint density at radius 2 is 1.77 bits per heavy atom. The molecule has 2 aromatic carbocycles. The highest BCUT2D eigenvalue weighted by Gasteiger charge is 2.24. The Kier molecular flexibility index (Phi) is 7.01. The van der Waals surface area contributed by atoms with Gasteiger partial charge in [0.15, 0.2) is 6.10 Å². The van der Waals surface area contributed by atoms with Crippen molar-refractivity contribution in [3.8, 4) is 17.1 Å². The van der Waals surface area contributed by atoms with Gasteiger partial charge in [-0.15, -0.1) is 0 Å². The summed E-state index contributed by atoms with van der Waals surface area (Å²) in [5.41, 5.74) is 2.07. The van der Waals surface area contributed by atoms with Crippen LogP contribution in [0.2, 0.25) is 5.02 Å². The lowest BCUT2D eigenvalue weighted by atomic mass is 9.87. The number of carbonyl (C=O) groups is 1. The molecule has 0 spiro atoms. The van der Waals surface area contributed by atoms with Crippen molar-refractivity contribution in [2.75, 3.05) is 7.05 Å². The van der Waals surface area contributed by atoms with E-state index in [1.54, 1.807) is 19.2 Å². The minimum atomic E-state index is -0.593. The molecule has 1 atom stereocenters. The van der Waals surface area contributed by atoms with Crippen LogP contribution in [-0.2, 0) is 16.8 Å². The normalized spacial score (nSPS) is 12.5. The van der Waals surface area contributed by atoms with E-state index >= 15 is 0 Å². The highest BCUT2D eigenvalue weighted by molar-refractivity contribution is 6.30. The second-order valence-electron chi connectivity index (χ2n) is 8.50. The molecule has 7 heteroatoms. The van der Waals surface area contributed by atoms with Gasteiger partial charge < -0.3 is 14.2 Å². The average molecular weight is 442 g/mol. The zero-order valence-electron chi connectivity index (χ0n) is 18.6. The first-order valence-corrected chi connectivity index (χ1v) is 10.7. The fourth-order valence-corrected chi connectivity index (χ4v) is 3.19. The molecule has 1 aromatic heterocycles. The number of amides is 1. The molecule has 0 aliphatic rings. The second kappa shape index (κ2) is 9.52. The van der Waals surface area contributed by atoms with Gasteiger partial charge in [0.1, 0.15) is 5.75 Å². The van der Waals surface area contributed by atoms with Gasteiger partial charge in [-0.25, -0.2) is 0 Å². The van der Waals surface area contributed by atoms with E-state index < -0.39 is 6.10 Å². The number of hydrogen-bond donors (Lipinski definition) is 0. The van der Waals surface area contributed by atoms with Crippen LogP contribution in [-0.4, -0.2) is 34.1 Å². The molecule has 3 rings (SSSR count). The van der Waals surface area contributed by atoms with Crippen LogP contribution in [0.5, 0.6) is 5.75 Å². The Labute approximate surface area is 188 Å². The molecular weight excluding hydrogens is 414 g/mol. The van der Waals surface area contributed by atoms with E-state index in [4.69, 9.17) is 20.9 Å². The molecule has 0 saturated carbocycles. The predicted octanol–water partition coefficient (Wildman–Crippen LogP) is 5.50. The summed E-state index contributed by atoms with van der Waals surface area (Å²) in [5, 5.41) is 4.63. The minimum absolute atomic E-state index is 0.0632. The van der Waals surface area contributed by atoms with Gasteiger partial charge in [0.05, 0.1) is 6.54 Å².